The van der Waals surface area contributed by atoms with Crippen LogP contribution >= 0.6 is 0 Å². The number of fused-ring (bicyclic) bond motifs is 1. The average Bonchev–Trinajstić information content (AvgIpc) is 2.94. The molecule has 0 spiro atoms. The molecule has 1 aliphatic rings. The standard InChI is InChI=1S/C18H23N3O2/c1-13(2)21-12-16(15-6-4-5-7-17(15)21)18(23)20-10-8-19(9-11-20)14(3)22/h4-7,12-13H,8-11H2,1-3H3. The fourth-order valence-corrected chi connectivity index (χ4v) is 3.20. The summed E-state index contributed by atoms with van der Waals surface area (Å²) in [4.78, 5) is 28.0. The minimum atomic E-state index is 0.0591. The topological polar surface area (TPSA) is 45.6 Å². The van der Waals surface area contributed by atoms with E-state index in [4.69, 9.17) is 0 Å². The molecule has 0 radical (unpaired) electrons. The zero-order chi connectivity index (χ0) is 16.6. The molecule has 3 rings (SSSR count). The zero-order valence-corrected chi connectivity index (χ0v) is 14.0. The fraction of sp³-hybridized carbons (Fsp3) is 0.444. The van der Waals surface area contributed by atoms with Crippen LogP contribution in [0, 0.1) is 0 Å². The Morgan fingerprint density at radius 2 is 1.61 bits per heavy atom. The second kappa shape index (κ2) is 6.07. The first kappa shape index (κ1) is 15.6. The number of carbonyl (C=O) groups excluding carboxylic acids is 2. The van der Waals surface area contributed by atoms with Crippen LogP contribution < -0.4 is 0 Å². The number of nitrogens with zero attached hydrogens (tertiary/aromatic N) is 3. The lowest BCUT2D eigenvalue weighted by atomic mass is 10.1. The second-order valence-electron chi connectivity index (χ2n) is 6.36. The van der Waals surface area contributed by atoms with Crippen LogP contribution in [0.15, 0.2) is 30.5 Å². The van der Waals surface area contributed by atoms with E-state index in [1.54, 1.807) is 11.8 Å². The Labute approximate surface area is 136 Å². The van der Waals surface area contributed by atoms with E-state index in [0.29, 0.717) is 32.2 Å². The van der Waals surface area contributed by atoms with Gasteiger partial charge in [-0.15, -0.1) is 0 Å². The van der Waals surface area contributed by atoms with Gasteiger partial charge in [0.25, 0.3) is 5.91 Å². The third kappa shape index (κ3) is 2.83. The van der Waals surface area contributed by atoms with Crippen molar-refractivity contribution in [3.63, 3.8) is 0 Å². The number of amides is 2. The zero-order valence-electron chi connectivity index (χ0n) is 14.0. The van der Waals surface area contributed by atoms with Crippen molar-refractivity contribution in [1.82, 2.24) is 14.4 Å². The molecule has 1 aliphatic heterocycles. The normalized spacial score (nSPS) is 15.5. The van der Waals surface area contributed by atoms with Crippen LogP contribution in [0.4, 0.5) is 0 Å². The predicted molar refractivity (Wildman–Crippen MR) is 90.5 cm³/mol. The molecule has 0 N–H and O–H groups in total. The van der Waals surface area contributed by atoms with Gasteiger partial charge in [0.15, 0.2) is 0 Å². The Morgan fingerprint density at radius 1 is 1.00 bits per heavy atom. The van der Waals surface area contributed by atoms with E-state index in [0.717, 1.165) is 16.5 Å². The van der Waals surface area contributed by atoms with Gasteiger partial charge in [-0.05, 0) is 19.9 Å². The fourth-order valence-electron chi connectivity index (χ4n) is 3.20. The van der Waals surface area contributed by atoms with Gasteiger partial charge in [0.2, 0.25) is 5.91 Å². The summed E-state index contributed by atoms with van der Waals surface area (Å²) in [6.45, 7) is 8.24. The molecule has 1 aromatic carbocycles. The molecule has 5 heteroatoms. The first-order valence-corrected chi connectivity index (χ1v) is 8.13. The summed E-state index contributed by atoms with van der Waals surface area (Å²) >= 11 is 0. The molecule has 2 heterocycles. The van der Waals surface area contributed by atoms with Gasteiger partial charge in [-0.3, -0.25) is 9.59 Å². The Hall–Kier alpha value is -2.30. The minimum absolute atomic E-state index is 0.0591. The lowest BCUT2D eigenvalue weighted by Crippen LogP contribution is -2.50. The SMILES string of the molecule is CC(=O)N1CCN(C(=O)c2cn(C(C)C)c3ccccc23)CC1. The van der Waals surface area contributed by atoms with Crippen LogP contribution in [0.3, 0.4) is 0 Å². The molecule has 1 saturated heterocycles. The average molecular weight is 313 g/mol. The Morgan fingerprint density at radius 3 is 2.22 bits per heavy atom. The van der Waals surface area contributed by atoms with Gasteiger partial charge in [0.1, 0.15) is 0 Å². The maximum Gasteiger partial charge on any atom is 0.256 e. The predicted octanol–water partition coefficient (Wildman–Crippen LogP) is 2.53. The number of para-hydroxylation sites is 1. The monoisotopic (exact) mass is 313 g/mol. The molecule has 0 aliphatic carbocycles. The Kier molecular flexibility index (Phi) is 4.11. The quantitative estimate of drug-likeness (QED) is 0.855. The molecule has 122 valence electrons. The maximum atomic E-state index is 12.9. The van der Waals surface area contributed by atoms with Crippen LogP contribution in [0.2, 0.25) is 0 Å². The maximum absolute atomic E-state index is 12.9. The molecule has 0 saturated carbocycles. The highest BCUT2D eigenvalue weighted by Gasteiger charge is 2.25. The second-order valence-corrected chi connectivity index (χ2v) is 6.36. The molecular formula is C18H23N3O2. The van der Waals surface area contributed by atoms with E-state index in [1.807, 2.05) is 29.3 Å². The van der Waals surface area contributed by atoms with Crippen LogP contribution in [0.25, 0.3) is 10.9 Å². The number of rotatable bonds is 2. The van der Waals surface area contributed by atoms with E-state index >= 15 is 0 Å². The van der Waals surface area contributed by atoms with Crippen molar-refractivity contribution in [3.05, 3.63) is 36.0 Å². The van der Waals surface area contributed by atoms with E-state index in [2.05, 4.69) is 24.5 Å². The first-order valence-electron chi connectivity index (χ1n) is 8.13. The summed E-state index contributed by atoms with van der Waals surface area (Å²) in [6.07, 6.45) is 1.97. The highest BCUT2D eigenvalue weighted by Crippen LogP contribution is 2.26. The minimum Gasteiger partial charge on any atom is -0.344 e. The molecule has 1 fully saturated rings. The summed E-state index contributed by atoms with van der Waals surface area (Å²) < 4.78 is 2.15. The Bertz CT molecular complexity index is 740. The Balaban J connectivity index is 1.89. The molecule has 1 aromatic heterocycles. The number of hydrogen-bond acceptors (Lipinski definition) is 2. The molecule has 5 nitrogen and oxygen atoms in total. The number of benzene rings is 1. The van der Waals surface area contributed by atoms with Crippen molar-refractivity contribution in [2.75, 3.05) is 26.2 Å². The summed E-state index contributed by atoms with van der Waals surface area (Å²) in [7, 11) is 0. The van der Waals surface area contributed by atoms with Crippen molar-refractivity contribution < 1.29 is 9.59 Å². The van der Waals surface area contributed by atoms with Gasteiger partial charge in [-0.25, -0.2) is 0 Å². The van der Waals surface area contributed by atoms with Crippen molar-refractivity contribution in [3.8, 4) is 0 Å². The lowest BCUT2D eigenvalue weighted by molar-refractivity contribution is -0.130. The molecule has 2 amide bonds. The van der Waals surface area contributed by atoms with Crippen LogP contribution in [-0.4, -0.2) is 52.4 Å². The van der Waals surface area contributed by atoms with E-state index in [9.17, 15) is 9.59 Å². The van der Waals surface area contributed by atoms with Gasteiger partial charge in [0.05, 0.1) is 5.56 Å². The third-order valence-corrected chi connectivity index (χ3v) is 4.54. The van der Waals surface area contributed by atoms with Crippen molar-refractivity contribution in [2.45, 2.75) is 26.8 Å². The molecule has 0 unspecified atom stereocenters. The number of hydrogen-bond donors (Lipinski definition) is 0. The van der Waals surface area contributed by atoms with Gasteiger partial charge in [-0.1, -0.05) is 18.2 Å². The summed E-state index contributed by atoms with van der Waals surface area (Å²) in [5.74, 6) is 0.136. The molecular weight excluding hydrogens is 290 g/mol. The summed E-state index contributed by atoms with van der Waals surface area (Å²) in [6, 6.07) is 8.34. The van der Waals surface area contributed by atoms with Crippen LogP contribution in [0.5, 0.6) is 0 Å². The van der Waals surface area contributed by atoms with E-state index < -0.39 is 0 Å². The number of carbonyl (C=O) groups is 2. The van der Waals surface area contributed by atoms with E-state index in [-0.39, 0.29) is 11.8 Å². The highest BCUT2D eigenvalue weighted by atomic mass is 16.2. The summed E-state index contributed by atoms with van der Waals surface area (Å²) in [5, 5.41) is 1.00. The number of piperazine rings is 1. The molecule has 0 atom stereocenters. The van der Waals surface area contributed by atoms with Gasteiger partial charge < -0.3 is 14.4 Å². The summed E-state index contributed by atoms with van der Waals surface area (Å²) in [5.41, 5.74) is 1.85. The van der Waals surface area contributed by atoms with Crippen molar-refractivity contribution >= 4 is 22.7 Å². The largest absolute Gasteiger partial charge is 0.344 e. The first-order chi connectivity index (χ1) is 11.0. The van der Waals surface area contributed by atoms with Crippen LogP contribution in [-0.2, 0) is 4.79 Å². The lowest BCUT2D eigenvalue weighted by Gasteiger charge is -2.34. The van der Waals surface area contributed by atoms with Gasteiger partial charge in [-0.2, -0.15) is 0 Å². The van der Waals surface area contributed by atoms with Crippen molar-refractivity contribution in [1.29, 1.82) is 0 Å². The smallest absolute Gasteiger partial charge is 0.256 e. The van der Waals surface area contributed by atoms with Crippen molar-refractivity contribution in [2.24, 2.45) is 0 Å². The molecule has 2 aromatic rings. The van der Waals surface area contributed by atoms with E-state index in [1.165, 1.54) is 0 Å². The third-order valence-electron chi connectivity index (χ3n) is 4.54. The molecule has 0 bridgehead atoms. The van der Waals surface area contributed by atoms with Crippen LogP contribution in [0.1, 0.15) is 37.2 Å². The molecule has 23 heavy (non-hydrogen) atoms. The highest BCUT2D eigenvalue weighted by molar-refractivity contribution is 6.07. The van der Waals surface area contributed by atoms with Gasteiger partial charge >= 0.3 is 0 Å². The van der Waals surface area contributed by atoms with Gasteiger partial charge in [0, 0.05) is 56.2 Å². The number of aromatic nitrogens is 1.